The highest BCUT2D eigenvalue weighted by Crippen LogP contribution is 2.08. The van der Waals surface area contributed by atoms with Gasteiger partial charge in [0.2, 0.25) is 0 Å². The van der Waals surface area contributed by atoms with Gasteiger partial charge in [0.1, 0.15) is 5.82 Å². The van der Waals surface area contributed by atoms with E-state index in [4.69, 9.17) is 0 Å². The molecule has 0 aliphatic heterocycles. The molecule has 2 unspecified atom stereocenters. The van der Waals surface area contributed by atoms with Crippen LogP contribution in [0.2, 0.25) is 0 Å². The van der Waals surface area contributed by atoms with Gasteiger partial charge in [-0.2, -0.15) is 0 Å². The van der Waals surface area contributed by atoms with Crippen LogP contribution in [0, 0.1) is 5.82 Å². The molecule has 0 radical (unpaired) electrons. The van der Waals surface area contributed by atoms with E-state index in [2.05, 4.69) is 38.0 Å². The van der Waals surface area contributed by atoms with Crippen LogP contribution in [0.5, 0.6) is 0 Å². The van der Waals surface area contributed by atoms with Crippen molar-refractivity contribution in [2.24, 2.45) is 0 Å². The monoisotopic (exact) mass is 266 g/mol. The maximum absolute atomic E-state index is 12.8. The Bertz CT molecular complexity index is 350. The summed E-state index contributed by atoms with van der Waals surface area (Å²) < 4.78 is 12.8. The lowest BCUT2D eigenvalue weighted by molar-refractivity contribution is 0.237. The molecule has 0 saturated carbocycles. The minimum atomic E-state index is -0.172. The summed E-state index contributed by atoms with van der Waals surface area (Å²) in [5, 5.41) is 3.56. The van der Waals surface area contributed by atoms with Gasteiger partial charge < -0.3 is 5.32 Å². The lowest BCUT2D eigenvalue weighted by Crippen LogP contribution is -2.40. The molecule has 0 fully saturated rings. The van der Waals surface area contributed by atoms with Gasteiger partial charge in [0.25, 0.3) is 0 Å². The summed E-state index contributed by atoms with van der Waals surface area (Å²) in [7, 11) is 2.11. The van der Waals surface area contributed by atoms with Crippen molar-refractivity contribution in [1.29, 1.82) is 0 Å². The number of halogens is 1. The molecule has 0 spiro atoms. The topological polar surface area (TPSA) is 15.3 Å². The summed E-state index contributed by atoms with van der Waals surface area (Å²) >= 11 is 0. The van der Waals surface area contributed by atoms with Crippen molar-refractivity contribution in [2.75, 3.05) is 13.6 Å². The molecule has 2 atom stereocenters. The third kappa shape index (κ3) is 6.17. The average Bonchev–Trinajstić information content (AvgIpc) is 2.39. The summed E-state index contributed by atoms with van der Waals surface area (Å²) in [5.41, 5.74) is 1.15. The molecular weight excluding hydrogens is 239 g/mol. The van der Waals surface area contributed by atoms with E-state index in [0.717, 1.165) is 18.7 Å². The van der Waals surface area contributed by atoms with Gasteiger partial charge in [-0.25, -0.2) is 4.39 Å². The van der Waals surface area contributed by atoms with Gasteiger partial charge in [-0.3, -0.25) is 4.90 Å². The molecule has 2 nitrogen and oxygen atoms in total. The van der Waals surface area contributed by atoms with E-state index in [1.807, 2.05) is 12.1 Å². The van der Waals surface area contributed by atoms with Crippen molar-refractivity contribution < 1.29 is 4.39 Å². The molecule has 0 aliphatic rings. The second-order valence-electron chi connectivity index (χ2n) is 5.49. The van der Waals surface area contributed by atoms with Crippen molar-refractivity contribution in [3.05, 3.63) is 35.6 Å². The number of hydrogen-bond acceptors (Lipinski definition) is 2. The predicted molar refractivity (Wildman–Crippen MR) is 79.7 cm³/mol. The highest BCUT2D eigenvalue weighted by molar-refractivity contribution is 5.15. The van der Waals surface area contributed by atoms with E-state index < -0.39 is 0 Å². The number of likely N-dealkylation sites (N-methyl/N-ethyl adjacent to an activating group) is 1. The average molecular weight is 266 g/mol. The van der Waals surface area contributed by atoms with Crippen LogP contribution in [-0.2, 0) is 6.54 Å². The summed E-state index contributed by atoms with van der Waals surface area (Å²) in [6, 6.07) is 7.79. The molecule has 1 N–H and O–H groups in total. The van der Waals surface area contributed by atoms with Crippen LogP contribution in [0.15, 0.2) is 24.3 Å². The standard InChI is InChI=1S/C16H27FN2/c1-5-6-13(2)18-11-14(3)19(4)12-15-7-9-16(17)10-8-15/h7-10,13-14,18H,5-6,11-12H2,1-4H3. The highest BCUT2D eigenvalue weighted by atomic mass is 19.1. The minimum Gasteiger partial charge on any atom is -0.313 e. The van der Waals surface area contributed by atoms with Crippen LogP contribution < -0.4 is 5.32 Å². The van der Waals surface area contributed by atoms with E-state index in [0.29, 0.717) is 12.1 Å². The first-order valence-electron chi connectivity index (χ1n) is 7.21. The van der Waals surface area contributed by atoms with Crippen molar-refractivity contribution in [3.63, 3.8) is 0 Å². The van der Waals surface area contributed by atoms with Gasteiger partial charge >= 0.3 is 0 Å². The fourth-order valence-electron chi connectivity index (χ4n) is 2.10. The number of hydrogen-bond donors (Lipinski definition) is 1. The molecule has 0 saturated heterocycles. The van der Waals surface area contributed by atoms with Crippen LogP contribution in [0.4, 0.5) is 4.39 Å². The molecule has 1 rings (SSSR count). The van der Waals surface area contributed by atoms with Crippen LogP contribution in [0.25, 0.3) is 0 Å². The van der Waals surface area contributed by atoms with E-state index in [1.165, 1.54) is 25.0 Å². The molecule has 0 heterocycles. The zero-order valence-electron chi connectivity index (χ0n) is 12.6. The minimum absolute atomic E-state index is 0.172. The molecule has 0 amide bonds. The maximum atomic E-state index is 12.8. The van der Waals surface area contributed by atoms with Crippen molar-refractivity contribution >= 4 is 0 Å². The van der Waals surface area contributed by atoms with Crippen LogP contribution >= 0.6 is 0 Å². The first-order valence-corrected chi connectivity index (χ1v) is 7.21. The second kappa shape index (κ2) is 8.28. The quantitative estimate of drug-likeness (QED) is 0.775. The number of rotatable bonds is 8. The van der Waals surface area contributed by atoms with Crippen molar-refractivity contribution in [2.45, 2.75) is 52.2 Å². The van der Waals surface area contributed by atoms with E-state index in [-0.39, 0.29) is 5.82 Å². The Morgan fingerprint density at radius 3 is 2.42 bits per heavy atom. The third-order valence-corrected chi connectivity index (χ3v) is 3.58. The van der Waals surface area contributed by atoms with Gasteiger partial charge in [0.15, 0.2) is 0 Å². The van der Waals surface area contributed by atoms with Crippen LogP contribution in [-0.4, -0.2) is 30.6 Å². The van der Waals surface area contributed by atoms with Gasteiger partial charge in [-0.05, 0) is 45.0 Å². The normalized spacial score (nSPS) is 14.6. The fraction of sp³-hybridized carbons (Fsp3) is 0.625. The molecule has 1 aromatic rings. The Morgan fingerprint density at radius 1 is 1.21 bits per heavy atom. The maximum Gasteiger partial charge on any atom is 0.123 e. The van der Waals surface area contributed by atoms with Crippen molar-refractivity contribution in [3.8, 4) is 0 Å². The Kier molecular flexibility index (Phi) is 7.03. The molecule has 1 aromatic carbocycles. The molecular formula is C16H27FN2. The Balaban J connectivity index is 2.35. The first-order chi connectivity index (χ1) is 9.02. The molecule has 0 aromatic heterocycles. The highest BCUT2D eigenvalue weighted by Gasteiger charge is 2.10. The van der Waals surface area contributed by atoms with Gasteiger partial charge in [0, 0.05) is 25.2 Å². The van der Waals surface area contributed by atoms with Crippen LogP contribution in [0.3, 0.4) is 0 Å². The van der Waals surface area contributed by atoms with E-state index in [1.54, 1.807) is 0 Å². The zero-order valence-corrected chi connectivity index (χ0v) is 12.6. The number of nitrogens with zero attached hydrogens (tertiary/aromatic N) is 1. The van der Waals surface area contributed by atoms with Crippen LogP contribution in [0.1, 0.15) is 39.2 Å². The lowest BCUT2D eigenvalue weighted by Gasteiger charge is -2.26. The summed E-state index contributed by atoms with van der Waals surface area (Å²) in [6.45, 7) is 8.50. The zero-order chi connectivity index (χ0) is 14.3. The van der Waals surface area contributed by atoms with Crippen molar-refractivity contribution in [1.82, 2.24) is 10.2 Å². The molecule has 108 valence electrons. The summed E-state index contributed by atoms with van der Waals surface area (Å²) in [5.74, 6) is -0.172. The fourth-order valence-corrected chi connectivity index (χ4v) is 2.10. The second-order valence-corrected chi connectivity index (χ2v) is 5.49. The largest absolute Gasteiger partial charge is 0.313 e. The molecule has 19 heavy (non-hydrogen) atoms. The Morgan fingerprint density at radius 2 is 1.84 bits per heavy atom. The Labute approximate surface area is 117 Å². The number of nitrogens with one attached hydrogen (secondary N) is 1. The van der Waals surface area contributed by atoms with Gasteiger partial charge in [-0.1, -0.05) is 25.5 Å². The SMILES string of the molecule is CCCC(C)NCC(C)N(C)Cc1ccc(F)cc1. The number of benzene rings is 1. The van der Waals surface area contributed by atoms with Gasteiger partial charge in [0.05, 0.1) is 0 Å². The smallest absolute Gasteiger partial charge is 0.123 e. The predicted octanol–water partition coefficient (Wildman–Crippen LogP) is 3.42. The van der Waals surface area contributed by atoms with Gasteiger partial charge in [-0.15, -0.1) is 0 Å². The molecule has 0 bridgehead atoms. The molecule has 0 aliphatic carbocycles. The molecule has 3 heteroatoms. The summed E-state index contributed by atoms with van der Waals surface area (Å²) in [4.78, 5) is 2.29. The third-order valence-electron chi connectivity index (χ3n) is 3.58. The van der Waals surface area contributed by atoms with E-state index >= 15 is 0 Å². The summed E-state index contributed by atoms with van der Waals surface area (Å²) in [6.07, 6.45) is 2.43. The lowest BCUT2D eigenvalue weighted by atomic mass is 10.1. The first kappa shape index (κ1) is 16.1. The van der Waals surface area contributed by atoms with E-state index in [9.17, 15) is 4.39 Å². The Hall–Kier alpha value is -0.930.